The Morgan fingerprint density at radius 3 is 1.81 bits per heavy atom. The lowest BCUT2D eigenvalue weighted by Gasteiger charge is -2.32. The van der Waals surface area contributed by atoms with E-state index in [2.05, 4.69) is 18.3 Å². The van der Waals surface area contributed by atoms with Crippen LogP contribution in [-0.4, -0.2) is 31.8 Å². The Morgan fingerprint density at radius 1 is 0.786 bits per heavy atom. The normalized spacial score (nSPS) is 15.2. The highest BCUT2D eigenvalue weighted by atomic mass is 16.5. The largest absolute Gasteiger partial charge is 0.491 e. The summed E-state index contributed by atoms with van der Waals surface area (Å²) in [5, 5.41) is 3.23. The maximum atomic E-state index is 13.4. The molecule has 42 heavy (non-hydrogen) atoms. The summed E-state index contributed by atoms with van der Waals surface area (Å²) in [5.41, 5.74) is 4.13. The molecule has 1 aliphatic heterocycles. The fourth-order valence-corrected chi connectivity index (χ4v) is 5.97. The number of hydrogen-bond donors (Lipinski definition) is 1. The molecular weight excluding hydrogens is 526 g/mol. The second-order valence-corrected chi connectivity index (χ2v) is 11.8. The molecule has 0 aromatic heterocycles. The summed E-state index contributed by atoms with van der Waals surface area (Å²) in [4.78, 5) is 26.5. The van der Waals surface area contributed by atoms with Gasteiger partial charge in [0, 0.05) is 17.0 Å². The summed E-state index contributed by atoms with van der Waals surface area (Å²) in [5.74, 6) is -0.865. The lowest BCUT2D eigenvalue weighted by Crippen LogP contribution is -2.33. The minimum absolute atomic E-state index is 0.0696. The molecule has 1 aromatic carbocycles. The third-order valence-corrected chi connectivity index (χ3v) is 8.02. The summed E-state index contributed by atoms with van der Waals surface area (Å²) in [6.07, 6.45) is 17.7. The van der Waals surface area contributed by atoms with E-state index in [1.807, 2.05) is 39.8 Å². The number of methoxy groups -OCH3 is 1. The van der Waals surface area contributed by atoms with E-state index in [9.17, 15) is 9.59 Å². The monoisotopic (exact) mass is 583 g/mol. The predicted molar refractivity (Wildman–Crippen MR) is 172 cm³/mol. The second-order valence-electron chi connectivity index (χ2n) is 11.8. The van der Waals surface area contributed by atoms with Crippen LogP contribution in [0.5, 0.6) is 5.75 Å². The molecule has 1 unspecified atom stereocenters. The molecule has 0 saturated heterocycles. The number of rotatable bonds is 20. The maximum absolute atomic E-state index is 13.4. The number of carbonyl (C=O) groups is 2. The molecule has 6 heteroatoms. The average Bonchev–Trinajstić information content (AvgIpc) is 2.94. The highest BCUT2D eigenvalue weighted by Crippen LogP contribution is 2.45. The highest BCUT2D eigenvalue weighted by molar-refractivity contribution is 6.00. The average molecular weight is 584 g/mol. The van der Waals surface area contributed by atoms with Crippen LogP contribution in [0.3, 0.4) is 0 Å². The predicted octanol–water partition coefficient (Wildman–Crippen LogP) is 9.08. The van der Waals surface area contributed by atoms with Crippen molar-refractivity contribution in [1.82, 2.24) is 5.32 Å². The van der Waals surface area contributed by atoms with Crippen molar-refractivity contribution in [2.24, 2.45) is 0 Å². The van der Waals surface area contributed by atoms with Gasteiger partial charge in [0.2, 0.25) is 0 Å². The summed E-state index contributed by atoms with van der Waals surface area (Å²) >= 11 is 0. The Hall–Kier alpha value is -2.76. The Labute approximate surface area is 255 Å². The van der Waals surface area contributed by atoms with Gasteiger partial charge in [-0.25, -0.2) is 9.59 Å². The summed E-state index contributed by atoms with van der Waals surface area (Å²) in [7, 11) is 1.37. The molecule has 1 aromatic rings. The number of hydrogen-bond acceptors (Lipinski definition) is 6. The van der Waals surface area contributed by atoms with Gasteiger partial charge in [0.25, 0.3) is 0 Å². The topological polar surface area (TPSA) is 73.9 Å². The SMILES string of the molecule is CCCCCCCCCCCCCCCc1cccc(OC(C)C)c1C1C(C(=O)OC)=C(C)NC(C)=C1C(=O)OCC. The van der Waals surface area contributed by atoms with E-state index in [4.69, 9.17) is 14.2 Å². The van der Waals surface area contributed by atoms with E-state index in [1.54, 1.807) is 6.92 Å². The standard InChI is InChI=1S/C36H57NO5/c1-8-10-11-12-13-14-15-16-17-18-19-20-21-23-29-24-22-25-30(42-26(3)4)33(29)34-31(35(38)40-7)27(5)37-28(6)32(34)36(39)41-9-2/h22,24-26,34,37H,8-21,23H2,1-7H3. The molecule has 1 heterocycles. The fourth-order valence-electron chi connectivity index (χ4n) is 5.97. The van der Waals surface area contributed by atoms with E-state index in [-0.39, 0.29) is 12.7 Å². The van der Waals surface area contributed by atoms with Crippen molar-refractivity contribution in [3.63, 3.8) is 0 Å². The van der Waals surface area contributed by atoms with Crippen molar-refractivity contribution in [2.75, 3.05) is 13.7 Å². The molecule has 1 atom stereocenters. The van der Waals surface area contributed by atoms with Crippen LogP contribution in [0.25, 0.3) is 0 Å². The van der Waals surface area contributed by atoms with Gasteiger partial charge in [0.15, 0.2) is 0 Å². The molecule has 236 valence electrons. The molecule has 0 amide bonds. The molecule has 0 spiro atoms. The molecule has 0 bridgehead atoms. The van der Waals surface area contributed by atoms with Crippen LogP contribution in [0.2, 0.25) is 0 Å². The zero-order valence-corrected chi connectivity index (χ0v) is 27.5. The minimum Gasteiger partial charge on any atom is -0.491 e. The van der Waals surface area contributed by atoms with Crippen LogP contribution >= 0.6 is 0 Å². The fraction of sp³-hybridized carbons (Fsp3) is 0.667. The molecule has 0 saturated carbocycles. The van der Waals surface area contributed by atoms with Crippen LogP contribution in [0.15, 0.2) is 40.7 Å². The van der Waals surface area contributed by atoms with Crippen LogP contribution in [-0.2, 0) is 25.5 Å². The molecule has 6 nitrogen and oxygen atoms in total. The quantitative estimate of drug-likeness (QED) is 0.122. The number of dihydropyridines is 1. The van der Waals surface area contributed by atoms with Crippen molar-refractivity contribution in [2.45, 2.75) is 143 Å². The molecule has 2 rings (SSSR count). The van der Waals surface area contributed by atoms with E-state index in [0.29, 0.717) is 28.3 Å². The highest BCUT2D eigenvalue weighted by Gasteiger charge is 2.40. The van der Waals surface area contributed by atoms with E-state index < -0.39 is 17.9 Å². The number of unbranched alkanes of at least 4 members (excludes halogenated alkanes) is 12. The first-order valence-electron chi connectivity index (χ1n) is 16.5. The smallest absolute Gasteiger partial charge is 0.336 e. The van der Waals surface area contributed by atoms with Gasteiger partial charge in [-0.15, -0.1) is 0 Å². The number of esters is 2. The van der Waals surface area contributed by atoms with Gasteiger partial charge in [-0.05, 0) is 59.1 Å². The summed E-state index contributed by atoms with van der Waals surface area (Å²) in [6.45, 7) is 12.0. The van der Waals surface area contributed by atoms with Crippen molar-refractivity contribution in [1.29, 1.82) is 0 Å². The molecule has 0 fully saturated rings. The molecular formula is C36H57NO5. The Morgan fingerprint density at radius 2 is 1.31 bits per heavy atom. The third kappa shape index (κ3) is 10.8. The lowest BCUT2D eigenvalue weighted by molar-refractivity contribution is -0.139. The number of aryl methyl sites for hydroxylation is 1. The summed E-state index contributed by atoms with van der Waals surface area (Å²) in [6, 6.07) is 6.05. The Bertz CT molecular complexity index is 1050. The van der Waals surface area contributed by atoms with Gasteiger partial charge in [-0.1, -0.05) is 96.1 Å². The Kier molecular flexibility index (Phi) is 16.4. The van der Waals surface area contributed by atoms with Crippen molar-refractivity contribution in [3.05, 3.63) is 51.9 Å². The maximum Gasteiger partial charge on any atom is 0.336 e. The lowest BCUT2D eigenvalue weighted by atomic mass is 9.77. The zero-order chi connectivity index (χ0) is 30.9. The number of ether oxygens (including phenoxy) is 3. The van der Waals surface area contributed by atoms with Crippen LogP contribution in [0.1, 0.15) is 142 Å². The third-order valence-electron chi connectivity index (χ3n) is 8.02. The van der Waals surface area contributed by atoms with Gasteiger partial charge in [0.1, 0.15) is 5.75 Å². The number of benzene rings is 1. The molecule has 0 radical (unpaired) electrons. The second kappa shape index (κ2) is 19.4. The van der Waals surface area contributed by atoms with Gasteiger partial charge < -0.3 is 19.5 Å². The van der Waals surface area contributed by atoms with Gasteiger partial charge in [0.05, 0.1) is 36.9 Å². The molecule has 0 aliphatic carbocycles. The van der Waals surface area contributed by atoms with Crippen molar-refractivity contribution < 1.29 is 23.8 Å². The zero-order valence-electron chi connectivity index (χ0n) is 27.5. The molecule has 1 aliphatic rings. The molecule has 1 N–H and O–H groups in total. The number of carbonyl (C=O) groups excluding carboxylic acids is 2. The van der Waals surface area contributed by atoms with Crippen molar-refractivity contribution >= 4 is 11.9 Å². The summed E-state index contributed by atoms with van der Waals surface area (Å²) < 4.78 is 17.0. The van der Waals surface area contributed by atoms with Crippen LogP contribution in [0, 0.1) is 0 Å². The van der Waals surface area contributed by atoms with Crippen LogP contribution < -0.4 is 10.1 Å². The first-order valence-corrected chi connectivity index (χ1v) is 16.5. The minimum atomic E-state index is -0.648. The van der Waals surface area contributed by atoms with Crippen molar-refractivity contribution in [3.8, 4) is 5.75 Å². The number of allylic oxidation sites excluding steroid dienone is 2. The van der Waals surface area contributed by atoms with Gasteiger partial charge >= 0.3 is 11.9 Å². The van der Waals surface area contributed by atoms with E-state index >= 15 is 0 Å². The van der Waals surface area contributed by atoms with Gasteiger partial charge in [-0.2, -0.15) is 0 Å². The van der Waals surface area contributed by atoms with E-state index in [0.717, 1.165) is 30.4 Å². The van der Waals surface area contributed by atoms with E-state index in [1.165, 1.54) is 77.7 Å². The first-order chi connectivity index (χ1) is 20.3. The van der Waals surface area contributed by atoms with Crippen LogP contribution in [0.4, 0.5) is 0 Å². The number of nitrogens with one attached hydrogen (secondary N) is 1. The Balaban J connectivity index is 2.19. The first kappa shape index (κ1) is 35.4. The van der Waals surface area contributed by atoms with Gasteiger partial charge in [-0.3, -0.25) is 0 Å².